The molecule has 1 aromatic carbocycles. The Morgan fingerprint density at radius 3 is 2.82 bits per heavy atom. The Labute approximate surface area is 111 Å². The maximum absolute atomic E-state index is 12.1. The fourth-order valence-electron chi connectivity index (χ4n) is 1.41. The summed E-state index contributed by atoms with van der Waals surface area (Å²) in [4.78, 5) is 14.5. The molecule has 0 fully saturated rings. The molecule has 3 nitrogen and oxygen atoms in total. The van der Waals surface area contributed by atoms with Gasteiger partial charge in [0.1, 0.15) is 0 Å². The summed E-state index contributed by atoms with van der Waals surface area (Å²) in [5, 5.41) is 9.38. The summed E-state index contributed by atoms with van der Waals surface area (Å²) in [7, 11) is 1.67. The molecule has 5 heteroatoms. The summed E-state index contributed by atoms with van der Waals surface area (Å²) in [6.07, 6.45) is 0. The lowest BCUT2D eigenvalue weighted by molar-refractivity contribution is 0.0763. The standard InChI is InChI=1S/C12H16ClNO2S/c1-3-17-11-5-4-9(13)8-10(11)12(16)14(2)6-7-15/h4-5,8,15H,3,6-7H2,1-2H3. The molecule has 0 radical (unpaired) electrons. The second-order valence-electron chi connectivity index (χ2n) is 3.52. The van der Waals surface area contributed by atoms with Gasteiger partial charge < -0.3 is 10.0 Å². The molecule has 0 saturated carbocycles. The van der Waals surface area contributed by atoms with Crippen molar-refractivity contribution >= 4 is 29.3 Å². The van der Waals surface area contributed by atoms with E-state index in [2.05, 4.69) is 0 Å². The first-order valence-corrected chi connectivity index (χ1v) is 6.75. The summed E-state index contributed by atoms with van der Waals surface area (Å²) in [5.74, 6) is 0.781. The minimum absolute atomic E-state index is 0.0426. The molecule has 1 N–H and O–H groups in total. The van der Waals surface area contributed by atoms with Gasteiger partial charge in [0.05, 0.1) is 12.2 Å². The third kappa shape index (κ3) is 3.91. The number of hydrogen-bond donors (Lipinski definition) is 1. The number of halogens is 1. The van der Waals surface area contributed by atoms with Crippen molar-refractivity contribution in [1.82, 2.24) is 4.90 Å². The molecule has 1 amide bonds. The Morgan fingerprint density at radius 2 is 2.24 bits per heavy atom. The molecule has 94 valence electrons. The van der Waals surface area contributed by atoms with Crippen molar-refractivity contribution in [2.45, 2.75) is 11.8 Å². The van der Waals surface area contributed by atoms with Crippen LogP contribution >= 0.6 is 23.4 Å². The fourth-order valence-corrected chi connectivity index (χ4v) is 2.36. The van der Waals surface area contributed by atoms with Gasteiger partial charge in [-0.05, 0) is 24.0 Å². The minimum Gasteiger partial charge on any atom is -0.395 e. The third-order valence-corrected chi connectivity index (χ3v) is 3.44. The monoisotopic (exact) mass is 273 g/mol. The van der Waals surface area contributed by atoms with Crippen LogP contribution < -0.4 is 0 Å². The van der Waals surface area contributed by atoms with Crippen molar-refractivity contribution < 1.29 is 9.90 Å². The van der Waals surface area contributed by atoms with E-state index in [-0.39, 0.29) is 12.5 Å². The van der Waals surface area contributed by atoms with E-state index in [1.807, 2.05) is 13.0 Å². The van der Waals surface area contributed by atoms with Gasteiger partial charge in [-0.3, -0.25) is 4.79 Å². The van der Waals surface area contributed by atoms with Crippen molar-refractivity contribution in [3.8, 4) is 0 Å². The molecule has 0 saturated heterocycles. The van der Waals surface area contributed by atoms with Gasteiger partial charge >= 0.3 is 0 Å². The lowest BCUT2D eigenvalue weighted by Gasteiger charge is -2.17. The topological polar surface area (TPSA) is 40.5 Å². The van der Waals surface area contributed by atoms with Gasteiger partial charge in [-0.1, -0.05) is 18.5 Å². The normalized spacial score (nSPS) is 10.4. The van der Waals surface area contributed by atoms with Crippen LogP contribution in [0.3, 0.4) is 0 Å². The quantitative estimate of drug-likeness (QED) is 0.838. The molecule has 0 unspecified atom stereocenters. The summed E-state index contributed by atoms with van der Waals surface area (Å²) < 4.78 is 0. The number of benzene rings is 1. The third-order valence-electron chi connectivity index (χ3n) is 2.25. The minimum atomic E-state index is -0.113. The summed E-state index contributed by atoms with van der Waals surface area (Å²) >= 11 is 7.52. The molecule has 1 rings (SSSR count). The van der Waals surface area contributed by atoms with Crippen molar-refractivity contribution in [2.24, 2.45) is 0 Å². The molecular formula is C12H16ClNO2S. The van der Waals surface area contributed by atoms with Gasteiger partial charge in [0.2, 0.25) is 0 Å². The van der Waals surface area contributed by atoms with Gasteiger partial charge in [-0.15, -0.1) is 11.8 Å². The van der Waals surface area contributed by atoms with Crippen molar-refractivity contribution in [3.63, 3.8) is 0 Å². The molecule has 0 aliphatic rings. The number of amides is 1. The first kappa shape index (κ1) is 14.4. The van der Waals surface area contributed by atoms with Crippen molar-refractivity contribution in [3.05, 3.63) is 28.8 Å². The van der Waals surface area contributed by atoms with E-state index >= 15 is 0 Å². The predicted octanol–water partition coefficient (Wildman–Crippen LogP) is 2.52. The number of aliphatic hydroxyl groups is 1. The highest BCUT2D eigenvalue weighted by molar-refractivity contribution is 7.99. The maximum atomic E-state index is 12.1. The predicted molar refractivity (Wildman–Crippen MR) is 71.9 cm³/mol. The lowest BCUT2D eigenvalue weighted by atomic mass is 10.2. The second kappa shape index (κ2) is 6.89. The largest absolute Gasteiger partial charge is 0.395 e. The number of rotatable bonds is 5. The molecule has 0 heterocycles. The first-order valence-electron chi connectivity index (χ1n) is 5.38. The molecule has 0 aliphatic carbocycles. The van der Waals surface area contributed by atoms with Crippen LogP contribution in [0.2, 0.25) is 5.02 Å². The van der Waals surface area contributed by atoms with Crippen LogP contribution in [0, 0.1) is 0 Å². The summed E-state index contributed by atoms with van der Waals surface area (Å²) in [6, 6.07) is 5.31. The average molecular weight is 274 g/mol. The van der Waals surface area contributed by atoms with Crippen LogP contribution in [0.5, 0.6) is 0 Å². The zero-order chi connectivity index (χ0) is 12.8. The number of hydrogen-bond acceptors (Lipinski definition) is 3. The van der Waals surface area contributed by atoms with E-state index in [0.29, 0.717) is 17.1 Å². The van der Waals surface area contributed by atoms with Crippen molar-refractivity contribution in [2.75, 3.05) is 26.0 Å². The van der Waals surface area contributed by atoms with Gasteiger partial charge in [0, 0.05) is 23.5 Å². The van der Waals surface area contributed by atoms with E-state index in [0.717, 1.165) is 10.6 Å². The SMILES string of the molecule is CCSc1ccc(Cl)cc1C(=O)N(C)CCO. The van der Waals surface area contributed by atoms with Gasteiger partial charge in [-0.2, -0.15) is 0 Å². The summed E-state index contributed by atoms with van der Waals surface area (Å²) in [6.45, 7) is 2.31. The van der Waals surface area contributed by atoms with E-state index in [1.165, 1.54) is 4.90 Å². The number of likely N-dealkylation sites (N-methyl/N-ethyl adjacent to an activating group) is 1. The van der Waals surface area contributed by atoms with Gasteiger partial charge in [-0.25, -0.2) is 0 Å². The van der Waals surface area contributed by atoms with Crippen LogP contribution in [-0.2, 0) is 0 Å². The van der Waals surface area contributed by atoms with Crippen LogP contribution in [0.1, 0.15) is 17.3 Å². The maximum Gasteiger partial charge on any atom is 0.254 e. The molecule has 17 heavy (non-hydrogen) atoms. The smallest absolute Gasteiger partial charge is 0.254 e. The molecule has 0 atom stereocenters. The molecule has 0 aliphatic heterocycles. The average Bonchev–Trinajstić information content (AvgIpc) is 2.31. The second-order valence-corrected chi connectivity index (χ2v) is 5.27. The number of carbonyl (C=O) groups is 1. The number of aliphatic hydroxyl groups excluding tert-OH is 1. The van der Waals surface area contributed by atoms with Crippen LogP contribution in [-0.4, -0.2) is 41.9 Å². The highest BCUT2D eigenvalue weighted by Crippen LogP contribution is 2.26. The fraction of sp³-hybridized carbons (Fsp3) is 0.417. The molecular weight excluding hydrogens is 258 g/mol. The van der Waals surface area contributed by atoms with E-state index < -0.39 is 0 Å². The Balaban J connectivity index is 3.01. The molecule has 0 spiro atoms. The van der Waals surface area contributed by atoms with Gasteiger partial charge in [0.25, 0.3) is 5.91 Å². The zero-order valence-corrected chi connectivity index (χ0v) is 11.5. The molecule has 1 aromatic rings. The number of thioether (sulfide) groups is 1. The highest BCUT2D eigenvalue weighted by atomic mass is 35.5. The number of nitrogens with zero attached hydrogens (tertiary/aromatic N) is 1. The Hall–Kier alpha value is -0.710. The van der Waals surface area contributed by atoms with E-state index in [1.54, 1.807) is 30.9 Å². The molecule has 0 aromatic heterocycles. The van der Waals surface area contributed by atoms with E-state index in [4.69, 9.17) is 16.7 Å². The van der Waals surface area contributed by atoms with Gasteiger partial charge in [0.15, 0.2) is 0 Å². The molecule has 0 bridgehead atoms. The van der Waals surface area contributed by atoms with Crippen LogP contribution in [0.4, 0.5) is 0 Å². The Bertz CT molecular complexity index is 398. The van der Waals surface area contributed by atoms with E-state index in [9.17, 15) is 4.79 Å². The number of carbonyl (C=O) groups excluding carboxylic acids is 1. The zero-order valence-electron chi connectivity index (χ0n) is 9.94. The summed E-state index contributed by atoms with van der Waals surface area (Å²) in [5.41, 5.74) is 0.598. The lowest BCUT2D eigenvalue weighted by Crippen LogP contribution is -2.29. The Kier molecular flexibility index (Phi) is 5.82. The Morgan fingerprint density at radius 1 is 1.53 bits per heavy atom. The van der Waals surface area contributed by atoms with Crippen LogP contribution in [0.25, 0.3) is 0 Å². The highest BCUT2D eigenvalue weighted by Gasteiger charge is 2.15. The first-order chi connectivity index (χ1) is 8.10. The van der Waals surface area contributed by atoms with Crippen molar-refractivity contribution in [1.29, 1.82) is 0 Å². The van der Waals surface area contributed by atoms with Crippen LogP contribution in [0.15, 0.2) is 23.1 Å².